The smallest absolute Gasteiger partial charge is 0.326 e. The zero-order valence-corrected chi connectivity index (χ0v) is 14.9. The molecule has 0 spiro atoms. The van der Waals surface area contributed by atoms with Crippen LogP contribution in [0.2, 0.25) is 0 Å². The molecule has 22 heavy (non-hydrogen) atoms. The van der Waals surface area contributed by atoms with Crippen LogP contribution in [-0.4, -0.2) is 55.0 Å². The molecule has 3 amide bonds. The molecule has 0 bridgehead atoms. The van der Waals surface area contributed by atoms with Gasteiger partial charge in [-0.25, -0.2) is 4.79 Å². The van der Waals surface area contributed by atoms with E-state index in [0.29, 0.717) is 6.42 Å². The van der Waals surface area contributed by atoms with E-state index < -0.39 is 28.9 Å². The van der Waals surface area contributed by atoms with Crippen LogP contribution in [0.1, 0.15) is 41.0 Å². The molecule has 2 atom stereocenters. The molecule has 6 heteroatoms. The van der Waals surface area contributed by atoms with Crippen LogP contribution in [-0.2, 0) is 14.3 Å². The summed E-state index contributed by atoms with van der Waals surface area (Å²) in [6, 6.07) is -0.959. The average Bonchev–Trinajstić information content (AvgIpc) is 2.41. The van der Waals surface area contributed by atoms with Crippen LogP contribution < -0.4 is 0 Å². The SMILES string of the molecule is COC(=O)C(C)(C)[C@@H]1N(C)C(=O)N(C)C(=O)[C@@]1(C)CC(C)C. The molecule has 0 radical (unpaired) electrons. The van der Waals surface area contributed by atoms with Gasteiger partial charge in [0.05, 0.1) is 24.0 Å². The first-order valence-electron chi connectivity index (χ1n) is 7.54. The Morgan fingerprint density at radius 1 is 1.32 bits per heavy atom. The molecule has 126 valence electrons. The van der Waals surface area contributed by atoms with Crippen molar-refractivity contribution >= 4 is 17.9 Å². The quantitative estimate of drug-likeness (QED) is 0.746. The van der Waals surface area contributed by atoms with Crippen molar-refractivity contribution < 1.29 is 19.1 Å². The molecular formula is C16H28N2O4. The number of ether oxygens (including phenoxy) is 1. The first-order chi connectivity index (χ1) is 9.91. The van der Waals surface area contributed by atoms with Crippen LogP contribution in [0.25, 0.3) is 0 Å². The van der Waals surface area contributed by atoms with E-state index in [4.69, 9.17) is 4.74 Å². The minimum absolute atomic E-state index is 0.244. The Hall–Kier alpha value is -1.59. The van der Waals surface area contributed by atoms with E-state index >= 15 is 0 Å². The second kappa shape index (κ2) is 5.89. The van der Waals surface area contributed by atoms with E-state index in [-0.39, 0.29) is 11.8 Å². The van der Waals surface area contributed by atoms with Crippen molar-refractivity contribution in [1.29, 1.82) is 0 Å². The Bertz CT molecular complexity index is 487. The number of hydrogen-bond donors (Lipinski definition) is 0. The molecule has 0 aromatic carbocycles. The average molecular weight is 312 g/mol. The molecule has 0 aromatic heterocycles. The van der Waals surface area contributed by atoms with E-state index in [0.717, 1.165) is 4.90 Å². The maximum atomic E-state index is 12.8. The third-order valence-electron chi connectivity index (χ3n) is 4.60. The van der Waals surface area contributed by atoms with E-state index in [9.17, 15) is 14.4 Å². The highest BCUT2D eigenvalue weighted by Gasteiger charge is 2.59. The molecule has 1 saturated heterocycles. The number of rotatable bonds is 4. The van der Waals surface area contributed by atoms with Crippen LogP contribution in [0.15, 0.2) is 0 Å². The van der Waals surface area contributed by atoms with Gasteiger partial charge in [0.15, 0.2) is 0 Å². The van der Waals surface area contributed by atoms with Crippen molar-refractivity contribution in [2.45, 2.75) is 47.1 Å². The molecule has 1 rings (SSSR count). The Labute approximate surface area is 132 Å². The van der Waals surface area contributed by atoms with Gasteiger partial charge in [-0.15, -0.1) is 0 Å². The number of esters is 1. The van der Waals surface area contributed by atoms with Gasteiger partial charge >= 0.3 is 12.0 Å². The lowest BCUT2D eigenvalue weighted by Gasteiger charge is -2.53. The minimum Gasteiger partial charge on any atom is -0.469 e. The van der Waals surface area contributed by atoms with Crippen molar-refractivity contribution in [3.63, 3.8) is 0 Å². The number of methoxy groups -OCH3 is 1. The number of hydrogen-bond acceptors (Lipinski definition) is 4. The van der Waals surface area contributed by atoms with Gasteiger partial charge in [0.1, 0.15) is 0 Å². The van der Waals surface area contributed by atoms with Crippen LogP contribution in [0.5, 0.6) is 0 Å². The van der Waals surface area contributed by atoms with Crippen LogP contribution >= 0.6 is 0 Å². The maximum absolute atomic E-state index is 12.8. The normalized spacial score (nSPS) is 26.7. The molecule has 0 unspecified atom stereocenters. The van der Waals surface area contributed by atoms with Gasteiger partial charge in [0.2, 0.25) is 5.91 Å². The number of nitrogens with zero attached hydrogens (tertiary/aromatic N) is 2. The fraction of sp³-hybridized carbons (Fsp3) is 0.812. The van der Waals surface area contributed by atoms with E-state index in [1.54, 1.807) is 20.9 Å². The molecule has 0 N–H and O–H groups in total. The predicted octanol–water partition coefficient (Wildman–Crippen LogP) is 2.13. The highest BCUT2D eigenvalue weighted by Crippen LogP contribution is 2.46. The first kappa shape index (κ1) is 18.5. The lowest BCUT2D eigenvalue weighted by atomic mass is 9.63. The lowest BCUT2D eigenvalue weighted by molar-refractivity contribution is -0.166. The topological polar surface area (TPSA) is 66.9 Å². The summed E-state index contributed by atoms with van der Waals surface area (Å²) in [7, 11) is 4.45. The lowest BCUT2D eigenvalue weighted by Crippen LogP contribution is -2.69. The van der Waals surface area contributed by atoms with Gasteiger partial charge in [0.25, 0.3) is 0 Å². The highest BCUT2D eigenvalue weighted by molar-refractivity contribution is 6.01. The Balaban J connectivity index is 3.48. The maximum Gasteiger partial charge on any atom is 0.326 e. The number of imide groups is 1. The molecule has 0 aromatic rings. The third kappa shape index (κ3) is 2.71. The monoisotopic (exact) mass is 312 g/mol. The summed E-state index contributed by atoms with van der Waals surface area (Å²) in [5, 5.41) is 0. The summed E-state index contributed by atoms with van der Waals surface area (Å²) in [4.78, 5) is 40.1. The van der Waals surface area contributed by atoms with Crippen molar-refractivity contribution in [2.24, 2.45) is 16.7 Å². The van der Waals surface area contributed by atoms with Crippen LogP contribution in [0, 0.1) is 16.7 Å². The fourth-order valence-corrected chi connectivity index (χ4v) is 4.06. The molecule has 0 saturated carbocycles. The van der Waals surface area contributed by atoms with Gasteiger partial charge in [0, 0.05) is 14.1 Å². The van der Waals surface area contributed by atoms with E-state index in [2.05, 4.69) is 0 Å². The second-order valence-electron chi connectivity index (χ2n) is 7.39. The van der Waals surface area contributed by atoms with Crippen molar-refractivity contribution in [3.8, 4) is 0 Å². The van der Waals surface area contributed by atoms with E-state index in [1.807, 2.05) is 20.8 Å². The van der Waals surface area contributed by atoms with Crippen molar-refractivity contribution in [1.82, 2.24) is 9.80 Å². The molecule has 0 aliphatic carbocycles. The number of carbonyl (C=O) groups excluding carboxylic acids is 3. The summed E-state index contributed by atoms with van der Waals surface area (Å²) in [6.45, 7) is 9.34. The fourth-order valence-electron chi connectivity index (χ4n) is 4.06. The highest BCUT2D eigenvalue weighted by atomic mass is 16.5. The van der Waals surface area contributed by atoms with Crippen molar-refractivity contribution in [2.75, 3.05) is 21.2 Å². The molecule has 1 aliphatic rings. The summed E-state index contributed by atoms with van der Waals surface area (Å²) >= 11 is 0. The second-order valence-corrected chi connectivity index (χ2v) is 7.39. The number of amides is 3. The first-order valence-corrected chi connectivity index (χ1v) is 7.54. The van der Waals surface area contributed by atoms with Gasteiger partial charge in [-0.3, -0.25) is 14.5 Å². The van der Waals surface area contributed by atoms with Crippen LogP contribution in [0.3, 0.4) is 0 Å². The molecule has 6 nitrogen and oxygen atoms in total. The minimum atomic E-state index is -0.986. The molecule has 1 aliphatic heterocycles. The molecular weight excluding hydrogens is 284 g/mol. The van der Waals surface area contributed by atoms with Crippen molar-refractivity contribution in [3.05, 3.63) is 0 Å². The molecule has 1 fully saturated rings. The Morgan fingerprint density at radius 2 is 1.82 bits per heavy atom. The summed E-state index contributed by atoms with van der Waals surface area (Å²) in [5.41, 5.74) is -1.83. The summed E-state index contributed by atoms with van der Waals surface area (Å²) in [5.74, 6) is -0.421. The van der Waals surface area contributed by atoms with E-state index in [1.165, 1.54) is 19.1 Å². The zero-order valence-electron chi connectivity index (χ0n) is 14.9. The summed E-state index contributed by atoms with van der Waals surface area (Å²) < 4.78 is 4.91. The Morgan fingerprint density at radius 3 is 2.23 bits per heavy atom. The van der Waals surface area contributed by atoms with Gasteiger partial charge < -0.3 is 9.64 Å². The zero-order chi connectivity index (χ0) is 17.5. The number of carbonyl (C=O) groups is 3. The summed E-state index contributed by atoms with van der Waals surface area (Å²) in [6.07, 6.45) is 0.582. The molecule has 1 heterocycles. The third-order valence-corrected chi connectivity index (χ3v) is 4.60. The van der Waals surface area contributed by atoms with Gasteiger partial charge in [-0.05, 0) is 33.1 Å². The Kier molecular flexibility index (Phi) is 4.94. The number of urea groups is 1. The van der Waals surface area contributed by atoms with Gasteiger partial charge in [-0.1, -0.05) is 13.8 Å². The predicted molar refractivity (Wildman–Crippen MR) is 83.1 cm³/mol. The largest absolute Gasteiger partial charge is 0.469 e. The van der Waals surface area contributed by atoms with Crippen LogP contribution in [0.4, 0.5) is 4.79 Å². The van der Waals surface area contributed by atoms with Gasteiger partial charge in [-0.2, -0.15) is 0 Å². The standard InChI is InChI=1S/C16H28N2O4/c1-10(2)9-16(5)11(15(3,4)13(20)22-8)17(6)14(21)18(7)12(16)19/h10-11H,9H2,1-8H3/t11-,16-/m0/s1.